The molecule has 0 aromatic heterocycles. The van der Waals surface area contributed by atoms with Gasteiger partial charge in [-0.1, -0.05) is 29.8 Å². The molecule has 39 heavy (non-hydrogen) atoms. The first kappa shape index (κ1) is 27.9. The number of benzene rings is 3. The molecule has 4 amide bonds. The largest absolute Gasteiger partial charge is 0.490 e. The second-order valence-corrected chi connectivity index (χ2v) is 9.71. The van der Waals surface area contributed by atoms with Gasteiger partial charge in [-0.05, 0) is 88.9 Å². The highest BCUT2D eigenvalue weighted by Crippen LogP contribution is 2.38. The molecule has 0 bridgehead atoms. The van der Waals surface area contributed by atoms with E-state index in [1.165, 1.54) is 24.3 Å². The highest BCUT2D eigenvalue weighted by Gasteiger charge is 2.37. The molecule has 200 valence electrons. The lowest BCUT2D eigenvalue weighted by atomic mass is 10.1. The number of nitrogens with one attached hydrogen (secondary N) is 1. The van der Waals surface area contributed by atoms with Crippen LogP contribution < -0.4 is 19.7 Å². The number of rotatable bonds is 8. The Bertz CT molecular complexity index is 1520. The minimum absolute atomic E-state index is 0.135. The number of imide groups is 2. The molecule has 1 saturated heterocycles. The van der Waals surface area contributed by atoms with E-state index in [2.05, 4.69) is 21.2 Å². The normalized spacial score (nSPS) is 14.4. The molecule has 0 aliphatic carbocycles. The molecule has 0 radical (unpaired) electrons. The summed E-state index contributed by atoms with van der Waals surface area (Å²) in [6.45, 7) is 4.03. The zero-order valence-corrected chi connectivity index (χ0v) is 23.1. The molecule has 3 aromatic carbocycles. The summed E-state index contributed by atoms with van der Waals surface area (Å²) in [7, 11) is 0. The lowest BCUT2D eigenvalue weighted by Crippen LogP contribution is -2.54. The van der Waals surface area contributed by atoms with Crippen molar-refractivity contribution in [2.75, 3.05) is 11.5 Å². The van der Waals surface area contributed by atoms with Crippen LogP contribution in [0.4, 0.5) is 10.5 Å². The molecular weight excluding hydrogens is 592 g/mol. The number of carboxylic acids is 1. The summed E-state index contributed by atoms with van der Waals surface area (Å²) >= 11 is 9.64. The number of ether oxygens (including phenoxy) is 2. The Labute approximate surface area is 237 Å². The first-order chi connectivity index (χ1) is 18.6. The zero-order valence-electron chi connectivity index (χ0n) is 20.8. The summed E-state index contributed by atoms with van der Waals surface area (Å²) in [5, 5.41) is 11.6. The highest BCUT2D eigenvalue weighted by atomic mass is 79.9. The van der Waals surface area contributed by atoms with Gasteiger partial charge in [0.25, 0.3) is 11.8 Å². The Morgan fingerprint density at radius 3 is 2.44 bits per heavy atom. The van der Waals surface area contributed by atoms with Crippen LogP contribution in [0.3, 0.4) is 0 Å². The number of amides is 4. The van der Waals surface area contributed by atoms with Crippen molar-refractivity contribution >= 4 is 63.1 Å². The fraction of sp³-hybridized carbons (Fsp3) is 0.143. The van der Waals surface area contributed by atoms with E-state index in [1.54, 1.807) is 50.2 Å². The van der Waals surface area contributed by atoms with Crippen LogP contribution in [0.15, 0.2) is 64.6 Å². The molecule has 0 saturated carbocycles. The molecular formula is C28H22BrClN2O7. The van der Waals surface area contributed by atoms with E-state index in [1.807, 2.05) is 0 Å². The summed E-state index contributed by atoms with van der Waals surface area (Å²) in [6, 6.07) is 13.4. The van der Waals surface area contributed by atoms with E-state index < -0.39 is 23.8 Å². The van der Waals surface area contributed by atoms with Gasteiger partial charge < -0.3 is 14.6 Å². The number of carbonyl (C=O) groups is 4. The van der Waals surface area contributed by atoms with E-state index >= 15 is 0 Å². The molecule has 2 N–H and O–H groups in total. The van der Waals surface area contributed by atoms with Crippen LogP contribution in [0.2, 0.25) is 5.02 Å². The van der Waals surface area contributed by atoms with Crippen LogP contribution in [0.5, 0.6) is 11.5 Å². The van der Waals surface area contributed by atoms with E-state index in [0.717, 1.165) is 16.0 Å². The number of nitrogens with zero attached hydrogens (tertiary/aromatic N) is 1. The monoisotopic (exact) mass is 612 g/mol. The first-order valence-electron chi connectivity index (χ1n) is 11.7. The van der Waals surface area contributed by atoms with Gasteiger partial charge in [0.1, 0.15) is 12.2 Å². The second-order valence-electron chi connectivity index (χ2n) is 8.45. The topological polar surface area (TPSA) is 122 Å². The fourth-order valence-corrected chi connectivity index (χ4v) is 4.50. The minimum Gasteiger partial charge on any atom is -0.490 e. The van der Waals surface area contributed by atoms with Crippen molar-refractivity contribution < 1.29 is 33.8 Å². The maximum Gasteiger partial charge on any atom is 0.335 e. The molecule has 1 fully saturated rings. The number of hydrogen-bond acceptors (Lipinski definition) is 6. The third-order valence-electron chi connectivity index (χ3n) is 5.74. The van der Waals surface area contributed by atoms with E-state index in [4.69, 9.17) is 26.2 Å². The Morgan fingerprint density at radius 2 is 1.79 bits per heavy atom. The number of barbiturate groups is 1. The van der Waals surface area contributed by atoms with Gasteiger partial charge in [-0.2, -0.15) is 0 Å². The Morgan fingerprint density at radius 1 is 1.08 bits per heavy atom. The van der Waals surface area contributed by atoms with Gasteiger partial charge in [-0.15, -0.1) is 0 Å². The van der Waals surface area contributed by atoms with Crippen molar-refractivity contribution in [3.63, 3.8) is 0 Å². The summed E-state index contributed by atoms with van der Waals surface area (Å²) in [5.74, 6) is -1.93. The van der Waals surface area contributed by atoms with E-state index in [-0.39, 0.29) is 23.4 Å². The number of carbonyl (C=O) groups excluding carboxylic acids is 3. The highest BCUT2D eigenvalue weighted by molar-refractivity contribution is 9.10. The average molecular weight is 614 g/mol. The number of urea groups is 1. The Kier molecular flexibility index (Phi) is 8.37. The molecule has 3 aromatic rings. The van der Waals surface area contributed by atoms with Crippen molar-refractivity contribution in [1.29, 1.82) is 0 Å². The third-order valence-corrected chi connectivity index (χ3v) is 6.74. The SMILES string of the molecule is CCOc1cc(/C=C2/C(=O)NC(=O)N(c3ccc(C)c(Cl)c3)C2=O)cc(Br)c1OCc1ccc(C(=O)O)cc1. The molecule has 4 rings (SSSR count). The van der Waals surface area contributed by atoms with Crippen LogP contribution in [-0.4, -0.2) is 35.5 Å². The van der Waals surface area contributed by atoms with Gasteiger partial charge in [0.15, 0.2) is 11.5 Å². The van der Waals surface area contributed by atoms with Gasteiger partial charge in [0.2, 0.25) is 0 Å². The summed E-state index contributed by atoms with van der Waals surface area (Å²) < 4.78 is 12.2. The first-order valence-corrected chi connectivity index (χ1v) is 12.8. The molecule has 9 nitrogen and oxygen atoms in total. The number of aromatic carboxylic acids is 1. The van der Waals surface area contributed by atoms with Gasteiger partial charge in [0.05, 0.1) is 22.3 Å². The quantitative estimate of drug-likeness (QED) is 0.245. The van der Waals surface area contributed by atoms with Crippen LogP contribution in [0.1, 0.15) is 34.0 Å². The predicted octanol–water partition coefficient (Wildman–Crippen LogP) is 5.75. The molecule has 0 atom stereocenters. The van der Waals surface area contributed by atoms with Crippen LogP contribution in [-0.2, 0) is 16.2 Å². The minimum atomic E-state index is -1.02. The number of halogens is 2. The van der Waals surface area contributed by atoms with Gasteiger partial charge in [-0.25, -0.2) is 14.5 Å². The van der Waals surface area contributed by atoms with Crippen molar-refractivity contribution in [2.24, 2.45) is 0 Å². The van der Waals surface area contributed by atoms with Gasteiger partial charge >= 0.3 is 12.0 Å². The molecule has 11 heteroatoms. The predicted molar refractivity (Wildman–Crippen MR) is 148 cm³/mol. The maximum atomic E-state index is 13.3. The van der Waals surface area contributed by atoms with Crippen molar-refractivity contribution in [3.05, 3.63) is 91.9 Å². The third kappa shape index (κ3) is 6.13. The number of hydrogen-bond donors (Lipinski definition) is 2. The summed E-state index contributed by atoms with van der Waals surface area (Å²) in [4.78, 5) is 50.3. The zero-order chi connectivity index (χ0) is 28.3. The smallest absolute Gasteiger partial charge is 0.335 e. The van der Waals surface area contributed by atoms with Crippen molar-refractivity contribution in [2.45, 2.75) is 20.5 Å². The summed E-state index contributed by atoms with van der Waals surface area (Å²) in [6.07, 6.45) is 1.36. The Hall–Kier alpha value is -4.15. The van der Waals surface area contributed by atoms with Crippen LogP contribution in [0.25, 0.3) is 6.08 Å². The number of anilines is 1. The fourth-order valence-electron chi connectivity index (χ4n) is 3.75. The van der Waals surface area contributed by atoms with Crippen molar-refractivity contribution in [3.8, 4) is 11.5 Å². The standard InChI is InChI=1S/C28H22BrClN2O7/c1-3-38-23-12-17(11-21(29)24(23)39-14-16-5-7-18(8-6-16)27(35)36)10-20-25(33)31-28(37)32(26(20)34)19-9-4-15(2)22(30)13-19/h4-13H,3,14H2,1-2H3,(H,35,36)(H,31,33,37)/b20-10-. The lowest BCUT2D eigenvalue weighted by molar-refractivity contribution is -0.122. The average Bonchev–Trinajstić information content (AvgIpc) is 2.88. The maximum absolute atomic E-state index is 13.3. The van der Waals surface area contributed by atoms with Crippen LogP contribution in [0, 0.1) is 6.92 Å². The lowest BCUT2D eigenvalue weighted by Gasteiger charge is -2.26. The number of aryl methyl sites for hydroxylation is 1. The van der Waals surface area contributed by atoms with Gasteiger partial charge in [0, 0.05) is 5.02 Å². The van der Waals surface area contributed by atoms with Gasteiger partial charge in [-0.3, -0.25) is 14.9 Å². The summed E-state index contributed by atoms with van der Waals surface area (Å²) in [5.41, 5.74) is 2.09. The second kappa shape index (κ2) is 11.7. The molecule has 1 aliphatic rings. The molecule has 1 heterocycles. The number of carboxylic acid groups (broad SMARTS) is 1. The van der Waals surface area contributed by atoms with E-state index in [9.17, 15) is 19.2 Å². The molecule has 0 spiro atoms. The van der Waals surface area contributed by atoms with Crippen molar-refractivity contribution in [1.82, 2.24) is 5.32 Å². The van der Waals surface area contributed by atoms with Crippen LogP contribution >= 0.6 is 27.5 Å². The Balaban J connectivity index is 1.63. The molecule has 1 aliphatic heterocycles. The molecule has 0 unspecified atom stereocenters. The van der Waals surface area contributed by atoms with E-state index in [0.29, 0.717) is 33.2 Å².